The third kappa shape index (κ3) is 3.22. The van der Waals surface area contributed by atoms with E-state index in [1.165, 1.54) is 5.56 Å². The number of nitrogens with two attached hydrogens (primary N) is 1. The molecule has 0 aliphatic carbocycles. The Labute approximate surface area is 140 Å². The van der Waals surface area contributed by atoms with E-state index in [1.807, 2.05) is 31.2 Å². The molecular formula is C18H18ClN3O. The molecule has 0 atom stereocenters. The lowest BCUT2D eigenvalue weighted by Gasteiger charge is -2.03. The van der Waals surface area contributed by atoms with Crippen LogP contribution in [0.2, 0.25) is 0 Å². The molecular weight excluding hydrogens is 310 g/mol. The number of hydrogen-bond acceptors (Lipinski definition) is 3. The smallest absolute Gasteiger partial charge is 0.227 e. The highest BCUT2D eigenvalue weighted by Gasteiger charge is 2.10. The van der Waals surface area contributed by atoms with E-state index in [2.05, 4.69) is 29.0 Å². The van der Waals surface area contributed by atoms with Crippen molar-refractivity contribution >= 4 is 34.2 Å². The quantitative estimate of drug-likeness (QED) is 0.433. The van der Waals surface area contributed by atoms with Gasteiger partial charge in [-0.15, -0.1) is 11.6 Å². The highest BCUT2D eigenvalue weighted by atomic mass is 35.5. The van der Waals surface area contributed by atoms with Crippen molar-refractivity contribution in [1.29, 1.82) is 0 Å². The number of amidine groups is 1. The summed E-state index contributed by atoms with van der Waals surface area (Å²) in [5.41, 5.74) is 11.3. The molecule has 118 valence electrons. The average Bonchev–Trinajstić information content (AvgIpc) is 2.99. The first-order valence-electron chi connectivity index (χ1n) is 7.50. The summed E-state index contributed by atoms with van der Waals surface area (Å²) in [5.74, 6) is 1.16. The number of halogens is 1. The number of hydrogen-bond donors (Lipinski definition) is 1. The molecule has 0 unspecified atom stereocenters. The van der Waals surface area contributed by atoms with Crippen LogP contribution in [0.4, 0.5) is 5.69 Å². The molecule has 4 nitrogen and oxygen atoms in total. The summed E-state index contributed by atoms with van der Waals surface area (Å²) in [6, 6.07) is 11.9. The molecule has 0 amide bonds. The van der Waals surface area contributed by atoms with Gasteiger partial charge in [0.1, 0.15) is 11.4 Å². The van der Waals surface area contributed by atoms with E-state index in [4.69, 9.17) is 21.8 Å². The fraction of sp³-hybridized carbons (Fsp3) is 0.222. The van der Waals surface area contributed by atoms with Crippen molar-refractivity contribution < 1.29 is 4.42 Å². The van der Waals surface area contributed by atoms with Gasteiger partial charge in [0, 0.05) is 5.56 Å². The van der Waals surface area contributed by atoms with Gasteiger partial charge in [-0.25, -0.2) is 9.98 Å². The normalized spacial score (nSPS) is 12.0. The summed E-state index contributed by atoms with van der Waals surface area (Å²) in [6.45, 7) is 4.09. The molecule has 5 heteroatoms. The number of nitrogens with zero attached hydrogens (tertiary/aromatic N) is 2. The van der Waals surface area contributed by atoms with Crippen molar-refractivity contribution in [2.45, 2.75) is 20.3 Å². The maximum absolute atomic E-state index is 5.86. The number of fused-ring (bicyclic) bond motifs is 1. The zero-order valence-corrected chi connectivity index (χ0v) is 13.9. The van der Waals surface area contributed by atoms with E-state index >= 15 is 0 Å². The number of benzene rings is 2. The van der Waals surface area contributed by atoms with Crippen LogP contribution in [0.5, 0.6) is 0 Å². The van der Waals surface area contributed by atoms with E-state index in [0.29, 0.717) is 11.7 Å². The summed E-state index contributed by atoms with van der Waals surface area (Å²) in [6.07, 6.45) is 0.971. The predicted octanol–water partition coefficient (Wildman–Crippen LogP) is 4.59. The van der Waals surface area contributed by atoms with Crippen molar-refractivity contribution in [3.63, 3.8) is 0 Å². The highest BCUT2D eigenvalue weighted by molar-refractivity contribution is 6.28. The Kier molecular flexibility index (Phi) is 4.35. The van der Waals surface area contributed by atoms with Crippen molar-refractivity contribution in [2.75, 3.05) is 5.88 Å². The maximum Gasteiger partial charge on any atom is 0.227 e. The fourth-order valence-corrected chi connectivity index (χ4v) is 2.42. The van der Waals surface area contributed by atoms with E-state index in [1.54, 1.807) is 0 Å². The van der Waals surface area contributed by atoms with E-state index in [9.17, 15) is 0 Å². The Bertz CT molecular complexity index is 883. The second-order valence-electron chi connectivity index (χ2n) is 5.41. The SMILES string of the molecule is CCc1ccc2oc(-c3ccc(C)c(N=C(N)CCl)c3)nc2c1. The molecule has 2 N–H and O–H groups in total. The fourth-order valence-electron chi connectivity index (χ4n) is 2.36. The van der Waals surface area contributed by atoms with Crippen LogP contribution in [0.15, 0.2) is 45.8 Å². The molecule has 1 heterocycles. The first kappa shape index (κ1) is 15.6. The zero-order valence-electron chi connectivity index (χ0n) is 13.1. The topological polar surface area (TPSA) is 64.4 Å². The van der Waals surface area contributed by atoms with Gasteiger partial charge in [-0.2, -0.15) is 0 Å². The summed E-state index contributed by atoms with van der Waals surface area (Å²) >= 11 is 5.71. The zero-order chi connectivity index (χ0) is 16.4. The van der Waals surface area contributed by atoms with Crippen molar-refractivity contribution in [2.24, 2.45) is 10.7 Å². The lowest BCUT2D eigenvalue weighted by molar-refractivity contribution is 0.620. The second-order valence-corrected chi connectivity index (χ2v) is 5.68. The minimum Gasteiger partial charge on any atom is -0.436 e. The molecule has 3 rings (SSSR count). The summed E-state index contributed by atoms with van der Waals surface area (Å²) < 4.78 is 5.86. The van der Waals surface area contributed by atoms with E-state index < -0.39 is 0 Å². The standard InChI is InChI=1S/C18H18ClN3O/c1-3-12-5-7-16-15(8-12)22-18(23-16)13-6-4-11(2)14(9-13)21-17(20)10-19/h4-9H,3,10H2,1-2H3,(H2,20,21). The van der Waals surface area contributed by atoms with Gasteiger partial charge in [0.2, 0.25) is 5.89 Å². The van der Waals surface area contributed by atoms with Gasteiger partial charge in [-0.1, -0.05) is 19.1 Å². The Morgan fingerprint density at radius 2 is 2.09 bits per heavy atom. The number of aryl methyl sites for hydroxylation is 2. The van der Waals surface area contributed by atoms with Crippen molar-refractivity contribution in [3.05, 3.63) is 47.5 Å². The number of alkyl halides is 1. The molecule has 0 saturated heterocycles. The Hall–Kier alpha value is -2.33. The lowest BCUT2D eigenvalue weighted by Crippen LogP contribution is -2.12. The molecule has 23 heavy (non-hydrogen) atoms. The summed E-state index contributed by atoms with van der Waals surface area (Å²) in [5, 5.41) is 0. The Morgan fingerprint density at radius 3 is 2.83 bits per heavy atom. The molecule has 0 radical (unpaired) electrons. The lowest BCUT2D eigenvalue weighted by atomic mass is 10.1. The van der Waals surface area contributed by atoms with Crippen molar-refractivity contribution in [3.8, 4) is 11.5 Å². The molecule has 0 saturated carbocycles. The van der Waals surface area contributed by atoms with Crippen LogP contribution in [-0.4, -0.2) is 16.7 Å². The monoisotopic (exact) mass is 327 g/mol. The number of aromatic nitrogens is 1. The predicted molar refractivity (Wildman–Crippen MR) is 95.6 cm³/mol. The van der Waals surface area contributed by atoms with Crippen LogP contribution in [-0.2, 0) is 6.42 Å². The second kappa shape index (κ2) is 6.42. The Morgan fingerprint density at radius 1 is 1.26 bits per heavy atom. The summed E-state index contributed by atoms with van der Waals surface area (Å²) in [7, 11) is 0. The van der Waals surface area contributed by atoms with Crippen LogP contribution < -0.4 is 5.73 Å². The molecule has 0 aliphatic heterocycles. The number of aliphatic imine (C=N–C) groups is 1. The number of rotatable bonds is 4. The largest absolute Gasteiger partial charge is 0.436 e. The Balaban J connectivity index is 2.06. The molecule has 3 aromatic rings. The van der Waals surface area contributed by atoms with Crippen LogP contribution >= 0.6 is 11.6 Å². The van der Waals surface area contributed by atoms with Crippen LogP contribution in [0.25, 0.3) is 22.6 Å². The van der Waals surface area contributed by atoms with Crippen LogP contribution in [0, 0.1) is 6.92 Å². The van der Waals surface area contributed by atoms with Crippen LogP contribution in [0.3, 0.4) is 0 Å². The molecule has 0 bridgehead atoms. The van der Waals surface area contributed by atoms with Crippen molar-refractivity contribution in [1.82, 2.24) is 4.98 Å². The van der Waals surface area contributed by atoms with Gasteiger partial charge in [-0.05, 0) is 48.7 Å². The average molecular weight is 328 g/mol. The molecule has 2 aromatic carbocycles. The molecule has 1 aromatic heterocycles. The third-order valence-electron chi connectivity index (χ3n) is 3.72. The first-order chi connectivity index (χ1) is 11.1. The molecule has 0 spiro atoms. The van der Waals surface area contributed by atoms with E-state index in [0.717, 1.165) is 34.3 Å². The minimum absolute atomic E-state index is 0.201. The van der Waals surface area contributed by atoms with Gasteiger partial charge in [-0.3, -0.25) is 0 Å². The minimum atomic E-state index is 0.201. The first-order valence-corrected chi connectivity index (χ1v) is 8.03. The molecule has 0 aliphatic rings. The molecule has 0 fully saturated rings. The number of oxazole rings is 1. The highest BCUT2D eigenvalue weighted by Crippen LogP contribution is 2.29. The van der Waals surface area contributed by atoms with Gasteiger partial charge in [0.05, 0.1) is 11.6 Å². The van der Waals surface area contributed by atoms with Gasteiger partial charge < -0.3 is 10.2 Å². The van der Waals surface area contributed by atoms with Gasteiger partial charge in [0.25, 0.3) is 0 Å². The maximum atomic E-state index is 5.86. The summed E-state index contributed by atoms with van der Waals surface area (Å²) in [4.78, 5) is 8.93. The van der Waals surface area contributed by atoms with Crippen LogP contribution in [0.1, 0.15) is 18.1 Å². The van der Waals surface area contributed by atoms with E-state index in [-0.39, 0.29) is 5.88 Å². The third-order valence-corrected chi connectivity index (χ3v) is 3.99. The van der Waals surface area contributed by atoms with Gasteiger partial charge in [0.15, 0.2) is 5.58 Å². The van der Waals surface area contributed by atoms with Gasteiger partial charge >= 0.3 is 0 Å².